The van der Waals surface area contributed by atoms with E-state index in [1.807, 2.05) is 24.3 Å². The Hall–Kier alpha value is -1.59. The monoisotopic (exact) mass is 262 g/mol. The zero-order chi connectivity index (χ0) is 13.7. The molecule has 0 aliphatic carbocycles. The number of rotatable bonds is 3. The SMILES string of the molecule is Cc1ccc(NC(N)=NCC2CN(C)CCO2)cc1. The molecule has 0 spiro atoms. The lowest BCUT2D eigenvalue weighted by Crippen LogP contribution is -2.41. The average molecular weight is 262 g/mol. The highest BCUT2D eigenvalue weighted by molar-refractivity contribution is 5.92. The van der Waals surface area contributed by atoms with Gasteiger partial charge in [-0.25, -0.2) is 0 Å². The summed E-state index contributed by atoms with van der Waals surface area (Å²) in [6.45, 7) is 5.30. The van der Waals surface area contributed by atoms with Gasteiger partial charge in [-0.2, -0.15) is 0 Å². The lowest BCUT2D eigenvalue weighted by molar-refractivity contribution is -0.0136. The number of likely N-dealkylation sites (N-methyl/N-ethyl adjacent to an activating group) is 1. The number of aryl methyl sites for hydroxylation is 1. The van der Waals surface area contributed by atoms with E-state index >= 15 is 0 Å². The Balaban J connectivity index is 1.83. The third-order valence-corrected chi connectivity index (χ3v) is 3.13. The molecule has 5 heteroatoms. The van der Waals surface area contributed by atoms with Gasteiger partial charge in [0.1, 0.15) is 0 Å². The van der Waals surface area contributed by atoms with Crippen molar-refractivity contribution in [1.82, 2.24) is 4.90 Å². The van der Waals surface area contributed by atoms with Gasteiger partial charge in [0.15, 0.2) is 5.96 Å². The maximum atomic E-state index is 5.87. The van der Waals surface area contributed by atoms with Crippen LogP contribution in [0.3, 0.4) is 0 Å². The first kappa shape index (κ1) is 13.8. The van der Waals surface area contributed by atoms with Crippen molar-refractivity contribution in [3.05, 3.63) is 29.8 Å². The van der Waals surface area contributed by atoms with Crippen LogP contribution in [-0.2, 0) is 4.74 Å². The summed E-state index contributed by atoms with van der Waals surface area (Å²) in [4.78, 5) is 6.57. The summed E-state index contributed by atoms with van der Waals surface area (Å²) >= 11 is 0. The average Bonchev–Trinajstić information content (AvgIpc) is 2.39. The van der Waals surface area contributed by atoms with Gasteiger partial charge in [0, 0.05) is 18.8 Å². The maximum Gasteiger partial charge on any atom is 0.193 e. The van der Waals surface area contributed by atoms with E-state index in [-0.39, 0.29) is 6.10 Å². The Morgan fingerprint density at radius 2 is 2.21 bits per heavy atom. The van der Waals surface area contributed by atoms with Gasteiger partial charge in [-0.15, -0.1) is 0 Å². The molecule has 2 rings (SSSR count). The molecule has 0 radical (unpaired) electrons. The number of hydrogen-bond donors (Lipinski definition) is 2. The molecule has 1 unspecified atom stereocenters. The van der Waals surface area contributed by atoms with Crippen LogP contribution in [0.5, 0.6) is 0 Å². The summed E-state index contributed by atoms with van der Waals surface area (Å²) in [6.07, 6.45) is 0.136. The van der Waals surface area contributed by atoms with Gasteiger partial charge in [0.05, 0.1) is 19.3 Å². The zero-order valence-corrected chi connectivity index (χ0v) is 11.6. The second-order valence-electron chi connectivity index (χ2n) is 4.97. The fourth-order valence-electron chi connectivity index (χ4n) is 2.00. The van der Waals surface area contributed by atoms with Crippen LogP contribution in [0.25, 0.3) is 0 Å². The number of nitrogens with zero attached hydrogens (tertiary/aromatic N) is 2. The Morgan fingerprint density at radius 1 is 1.47 bits per heavy atom. The largest absolute Gasteiger partial charge is 0.374 e. The van der Waals surface area contributed by atoms with Crippen molar-refractivity contribution in [3.8, 4) is 0 Å². The van der Waals surface area contributed by atoms with Crippen molar-refractivity contribution in [1.29, 1.82) is 0 Å². The molecule has 19 heavy (non-hydrogen) atoms. The number of anilines is 1. The highest BCUT2D eigenvalue weighted by Crippen LogP contribution is 2.08. The second-order valence-corrected chi connectivity index (χ2v) is 4.97. The van der Waals surface area contributed by atoms with Crippen LogP contribution >= 0.6 is 0 Å². The fraction of sp³-hybridized carbons (Fsp3) is 0.500. The highest BCUT2D eigenvalue weighted by Gasteiger charge is 2.16. The molecule has 1 aromatic carbocycles. The Labute approximate surface area is 114 Å². The molecular weight excluding hydrogens is 240 g/mol. The van der Waals surface area contributed by atoms with E-state index < -0.39 is 0 Å². The Bertz CT molecular complexity index is 430. The summed E-state index contributed by atoms with van der Waals surface area (Å²) < 4.78 is 5.63. The number of nitrogens with one attached hydrogen (secondary N) is 1. The molecule has 1 atom stereocenters. The lowest BCUT2D eigenvalue weighted by atomic mass is 10.2. The molecule has 1 fully saturated rings. The molecule has 0 bridgehead atoms. The molecular formula is C14H22N4O. The van der Waals surface area contributed by atoms with E-state index in [0.29, 0.717) is 12.5 Å². The van der Waals surface area contributed by atoms with Gasteiger partial charge in [0.2, 0.25) is 0 Å². The number of nitrogens with two attached hydrogens (primary N) is 1. The van der Waals surface area contributed by atoms with Crippen LogP contribution in [0.1, 0.15) is 5.56 Å². The predicted octanol–water partition coefficient (Wildman–Crippen LogP) is 1.05. The van der Waals surface area contributed by atoms with Crippen LogP contribution in [0.2, 0.25) is 0 Å². The van der Waals surface area contributed by atoms with Crippen molar-refractivity contribution in [2.75, 3.05) is 38.6 Å². The minimum atomic E-state index is 0.136. The van der Waals surface area contributed by atoms with Gasteiger partial charge in [-0.05, 0) is 26.1 Å². The topological polar surface area (TPSA) is 62.9 Å². The molecule has 0 aromatic heterocycles. The molecule has 1 aliphatic rings. The number of guanidine groups is 1. The second kappa shape index (κ2) is 6.54. The zero-order valence-electron chi connectivity index (χ0n) is 11.6. The van der Waals surface area contributed by atoms with Crippen molar-refractivity contribution >= 4 is 11.6 Å². The van der Waals surface area contributed by atoms with Crippen molar-refractivity contribution in [2.45, 2.75) is 13.0 Å². The number of benzene rings is 1. The van der Waals surface area contributed by atoms with Gasteiger partial charge in [0.25, 0.3) is 0 Å². The van der Waals surface area contributed by atoms with Crippen LogP contribution < -0.4 is 11.1 Å². The van der Waals surface area contributed by atoms with E-state index in [9.17, 15) is 0 Å². The first-order chi connectivity index (χ1) is 9.13. The summed E-state index contributed by atoms with van der Waals surface area (Å²) in [5.41, 5.74) is 8.04. The van der Waals surface area contributed by atoms with Crippen molar-refractivity contribution in [2.24, 2.45) is 10.7 Å². The summed E-state index contributed by atoms with van der Waals surface area (Å²) in [5.74, 6) is 0.431. The fourth-order valence-corrected chi connectivity index (χ4v) is 2.00. The van der Waals surface area contributed by atoms with Crippen LogP contribution in [-0.4, -0.2) is 50.3 Å². The quantitative estimate of drug-likeness (QED) is 0.631. The molecule has 104 valence electrons. The smallest absolute Gasteiger partial charge is 0.193 e. The van der Waals surface area contributed by atoms with Gasteiger partial charge in [-0.3, -0.25) is 4.99 Å². The molecule has 1 heterocycles. The molecule has 1 saturated heterocycles. The number of hydrogen-bond acceptors (Lipinski definition) is 3. The third-order valence-electron chi connectivity index (χ3n) is 3.13. The Morgan fingerprint density at radius 3 is 2.89 bits per heavy atom. The molecule has 1 aromatic rings. The normalized spacial score (nSPS) is 21.4. The highest BCUT2D eigenvalue weighted by atomic mass is 16.5. The summed E-state index contributed by atoms with van der Waals surface area (Å²) in [7, 11) is 2.09. The standard InChI is InChI=1S/C14H22N4O/c1-11-3-5-12(6-4-11)17-14(15)16-9-13-10-18(2)7-8-19-13/h3-6,13H,7-10H2,1-2H3,(H3,15,16,17). The summed E-state index contributed by atoms with van der Waals surface area (Å²) in [6, 6.07) is 8.05. The van der Waals surface area contributed by atoms with E-state index in [1.165, 1.54) is 5.56 Å². The van der Waals surface area contributed by atoms with E-state index in [4.69, 9.17) is 10.5 Å². The summed E-state index contributed by atoms with van der Waals surface area (Å²) in [5, 5.41) is 3.08. The van der Waals surface area contributed by atoms with Crippen molar-refractivity contribution in [3.63, 3.8) is 0 Å². The third kappa shape index (κ3) is 4.54. The molecule has 1 aliphatic heterocycles. The van der Waals surface area contributed by atoms with Gasteiger partial charge < -0.3 is 20.7 Å². The maximum absolute atomic E-state index is 5.87. The first-order valence-electron chi connectivity index (χ1n) is 6.57. The minimum absolute atomic E-state index is 0.136. The number of aliphatic imine (C=N–C) groups is 1. The van der Waals surface area contributed by atoms with Crippen LogP contribution in [0.15, 0.2) is 29.3 Å². The number of ether oxygens (including phenoxy) is 1. The van der Waals surface area contributed by atoms with Crippen LogP contribution in [0, 0.1) is 6.92 Å². The van der Waals surface area contributed by atoms with E-state index in [2.05, 4.69) is 29.2 Å². The van der Waals surface area contributed by atoms with E-state index in [1.54, 1.807) is 0 Å². The number of morpholine rings is 1. The van der Waals surface area contributed by atoms with Crippen molar-refractivity contribution < 1.29 is 4.74 Å². The van der Waals surface area contributed by atoms with Crippen LogP contribution in [0.4, 0.5) is 5.69 Å². The first-order valence-corrected chi connectivity index (χ1v) is 6.57. The van der Waals surface area contributed by atoms with Gasteiger partial charge in [-0.1, -0.05) is 17.7 Å². The lowest BCUT2D eigenvalue weighted by Gasteiger charge is -2.29. The van der Waals surface area contributed by atoms with E-state index in [0.717, 1.165) is 25.4 Å². The molecule has 5 nitrogen and oxygen atoms in total. The molecule has 3 N–H and O–H groups in total. The predicted molar refractivity (Wildman–Crippen MR) is 78.5 cm³/mol. The molecule has 0 amide bonds. The minimum Gasteiger partial charge on any atom is -0.374 e. The Kier molecular flexibility index (Phi) is 4.76. The molecule has 0 saturated carbocycles. The van der Waals surface area contributed by atoms with Gasteiger partial charge >= 0.3 is 0 Å².